The first kappa shape index (κ1) is 16.5. The molecule has 0 bridgehead atoms. The van der Waals surface area contributed by atoms with Crippen LogP contribution in [0.25, 0.3) is 11.4 Å². The van der Waals surface area contributed by atoms with E-state index in [0.29, 0.717) is 5.75 Å². The van der Waals surface area contributed by atoms with Crippen LogP contribution < -0.4 is 0 Å². The van der Waals surface area contributed by atoms with Crippen LogP contribution in [-0.4, -0.2) is 26.3 Å². The van der Waals surface area contributed by atoms with Crippen LogP contribution in [0.3, 0.4) is 0 Å². The number of hydrogen-bond donors (Lipinski definition) is 0. The standard InChI is InChI=1S/C19H19N3OS/c1-2-13-22-18(16-11-7-4-8-12-16)20-21-19(22)24-14-17(23)15-9-5-3-6-10-15/h3-12H,2,13-14H2,1H3. The van der Waals surface area contributed by atoms with Crippen LogP contribution in [0, 0.1) is 0 Å². The third kappa shape index (κ3) is 3.74. The van der Waals surface area contributed by atoms with Gasteiger partial charge in [-0.2, -0.15) is 0 Å². The number of ketones is 1. The first-order chi connectivity index (χ1) is 11.8. The van der Waals surface area contributed by atoms with E-state index in [1.165, 1.54) is 11.8 Å². The highest BCUT2D eigenvalue weighted by Crippen LogP contribution is 2.24. The van der Waals surface area contributed by atoms with Gasteiger partial charge in [-0.05, 0) is 6.42 Å². The number of carbonyl (C=O) groups is 1. The van der Waals surface area contributed by atoms with E-state index in [0.717, 1.165) is 35.1 Å². The maximum atomic E-state index is 12.3. The third-order valence-corrected chi connectivity index (χ3v) is 4.59. The first-order valence-corrected chi connectivity index (χ1v) is 8.98. The topological polar surface area (TPSA) is 47.8 Å². The SMILES string of the molecule is CCCn1c(SCC(=O)c2ccccc2)nnc1-c1ccccc1. The van der Waals surface area contributed by atoms with E-state index in [4.69, 9.17) is 0 Å². The second kappa shape index (κ2) is 7.93. The van der Waals surface area contributed by atoms with E-state index >= 15 is 0 Å². The molecule has 0 spiro atoms. The molecule has 3 aromatic rings. The van der Waals surface area contributed by atoms with Crippen molar-refractivity contribution >= 4 is 17.5 Å². The van der Waals surface area contributed by atoms with Gasteiger partial charge in [0.2, 0.25) is 0 Å². The summed E-state index contributed by atoms with van der Waals surface area (Å²) in [5, 5.41) is 9.43. The number of aromatic nitrogens is 3. The molecule has 0 aliphatic heterocycles. The van der Waals surface area contributed by atoms with E-state index in [2.05, 4.69) is 21.7 Å². The number of carbonyl (C=O) groups excluding carboxylic acids is 1. The Morgan fingerprint density at radius 3 is 2.33 bits per heavy atom. The van der Waals surface area contributed by atoms with E-state index < -0.39 is 0 Å². The smallest absolute Gasteiger partial charge is 0.191 e. The van der Waals surface area contributed by atoms with Crippen molar-refractivity contribution in [3.8, 4) is 11.4 Å². The van der Waals surface area contributed by atoms with Gasteiger partial charge in [-0.1, -0.05) is 79.3 Å². The number of rotatable bonds is 7. The minimum atomic E-state index is 0.105. The summed E-state index contributed by atoms with van der Waals surface area (Å²) in [6.07, 6.45) is 0.984. The summed E-state index contributed by atoms with van der Waals surface area (Å²) >= 11 is 1.45. The molecule has 0 saturated carbocycles. The zero-order chi connectivity index (χ0) is 16.8. The maximum Gasteiger partial charge on any atom is 0.191 e. The van der Waals surface area contributed by atoms with Crippen LogP contribution in [-0.2, 0) is 6.54 Å². The van der Waals surface area contributed by atoms with Gasteiger partial charge in [0.1, 0.15) is 0 Å². The molecule has 122 valence electrons. The van der Waals surface area contributed by atoms with Crippen LogP contribution in [0.4, 0.5) is 0 Å². The summed E-state index contributed by atoms with van der Waals surface area (Å²) in [7, 11) is 0. The molecular formula is C19H19N3OS. The van der Waals surface area contributed by atoms with E-state index in [-0.39, 0.29) is 5.78 Å². The monoisotopic (exact) mass is 337 g/mol. The number of thioether (sulfide) groups is 1. The highest BCUT2D eigenvalue weighted by atomic mass is 32.2. The summed E-state index contributed by atoms with van der Waals surface area (Å²) in [4.78, 5) is 12.3. The Bertz CT molecular complexity index is 800. The summed E-state index contributed by atoms with van der Waals surface area (Å²) in [5.74, 6) is 1.32. The molecule has 0 saturated heterocycles. The molecule has 0 unspecified atom stereocenters. The van der Waals surface area contributed by atoms with Gasteiger partial charge in [0, 0.05) is 17.7 Å². The molecule has 0 radical (unpaired) electrons. The summed E-state index contributed by atoms with van der Waals surface area (Å²) in [5.41, 5.74) is 1.77. The van der Waals surface area contributed by atoms with Gasteiger partial charge in [0.15, 0.2) is 16.8 Å². The molecule has 0 N–H and O–H groups in total. The van der Waals surface area contributed by atoms with Crippen LogP contribution in [0.2, 0.25) is 0 Å². The molecule has 0 atom stereocenters. The van der Waals surface area contributed by atoms with Gasteiger partial charge in [-0.25, -0.2) is 0 Å². The van der Waals surface area contributed by atoms with Gasteiger partial charge in [-0.3, -0.25) is 4.79 Å². The molecule has 2 aromatic carbocycles. The zero-order valence-electron chi connectivity index (χ0n) is 13.6. The van der Waals surface area contributed by atoms with Gasteiger partial charge < -0.3 is 4.57 Å². The first-order valence-electron chi connectivity index (χ1n) is 7.99. The van der Waals surface area contributed by atoms with Gasteiger partial charge in [-0.15, -0.1) is 10.2 Å². The second-order valence-electron chi connectivity index (χ2n) is 5.40. The normalized spacial score (nSPS) is 10.7. The molecule has 0 aliphatic rings. The number of nitrogens with zero attached hydrogens (tertiary/aromatic N) is 3. The Morgan fingerprint density at radius 2 is 1.67 bits per heavy atom. The summed E-state index contributed by atoms with van der Waals surface area (Å²) in [6, 6.07) is 19.4. The van der Waals surface area contributed by atoms with Crippen LogP contribution in [0.1, 0.15) is 23.7 Å². The van der Waals surface area contributed by atoms with E-state index in [1.54, 1.807) is 0 Å². The third-order valence-electron chi connectivity index (χ3n) is 3.62. The zero-order valence-corrected chi connectivity index (χ0v) is 14.4. The molecule has 0 fully saturated rings. The number of benzene rings is 2. The number of hydrogen-bond acceptors (Lipinski definition) is 4. The number of Topliss-reactive ketones (excluding diaryl/α,β-unsaturated/α-hetero) is 1. The van der Waals surface area contributed by atoms with Crippen molar-refractivity contribution in [2.75, 3.05) is 5.75 Å². The van der Waals surface area contributed by atoms with Crippen molar-refractivity contribution in [2.45, 2.75) is 25.0 Å². The molecule has 0 aliphatic carbocycles. The summed E-state index contributed by atoms with van der Waals surface area (Å²) in [6.45, 7) is 2.96. The molecule has 1 aromatic heterocycles. The molecule has 5 heteroatoms. The molecular weight excluding hydrogens is 318 g/mol. The molecule has 4 nitrogen and oxygen atoms in total. The van der Waals surface area contributed by atoms with Crippen molar-refractivity contribution in [2.24, 2.45) is 0 Å². The fourth-order valence-corrected chi connectivity index (χ4v) is 3.32. The van der Waals surface area contributed by atoms with Crippen LogP contribution in [0.5, 0.6) is 0 Å². The van der Waals surface area contributed by atoms with Crippen LogP contribution >= 0.6 is 11.8 Å². The lowest BCUT2D eigenvalue weighted by Crippen LogP contribution is -2.05. The molecule has 24 heavy (non-hydrogen) atoms. The molecule has 0 amide bonds. The molecule has 1 heterocycles. The van der Waals surface area contributed by atoms with Crippen LogP contribution in [0.15, 0.2) is 65.8 Å². The Labute approximate surface area is 145 Å². The second-order valence-corrected chi connectivity index (χ2v) is 6.34. The van der Waals surface area contributed by atoms with Crippen molar-refractivity contribution in [1.29, 1.82) is 0 Å². The largest absolute Gasteiger partial charge is 0.302 e. The highest BCUT2D eigenvalue weighted by Gasteiger charge is 2.15. The van der Waals surface area contributed by atoms with E-state index in [1.807, 2.05) is 60.7 Å². The predicted molar refractivity (Wildman–Crippen MR) is 97.2 cm³/mol. The van der Waals surface area contributed by atoms with Crippen molar-refractivity contribution in [3.05, 3.63) is 66.2 Å². The minimum Gasteiger partial charge on any atom is -0.302 e. The lowest BCUT2D eigenvalue weighted by Gasteiger charge is -2.08. The Hall–Kier alpha value is -2.40. The highest BCUT2D eigenvalue weighted by molar-refractivity contribution is 7.99. The minimum absolute atomic E-state index is 0.105. The fraction of sp³-hybridized carbons (Fsp3) is 0.211. The quantitative estimate of drug-likeness (QED) is 0.475. The van der Waals surface area contributed by atoms with E-state index in [9.17, 15) is 4.79 Å². The Morgan fingerprint density at radius 1 is 1.00 bits per heavy atom. The predicted octanol–water partition coefficient (Wildman–Crippen LogP) is 4.33. The molecule has 3 rings (SSSR count). The van der Waals surface area contributed by atoms with Crippen molar-refractivity contribution in [1.82, 2.24) is 14.8 Å². The van der Waals surface area contributed by atoms with Gasteiger partial charge in [0.05, 0.1) is 5.75 Å². The average Bonchev–Trinajstić information content (AvgIpc) is 3.04. The van der Waals surface area contributed by atoms with Crippen molar-refractivity contribution in [3.63, 3.8) is 0 Å². The maximum absolute atomic E-state index is 12.3. The lowest BCUT2D eigenvalue weighted by atomic mass is 10.2. The summed E-state index contributed by atoms with van der Waals surface area (Å²) < 4.78 is 2.10. The Balaban J connectivity index is 1.79. The fourth-order valence-electron chi connectivity index (χ4n) is 2.46. The Kier molecular flexibility index (Phi) is 5.43. The lowest BCUT2D eigenvalue weighted by molar-refractivity contribution is 0.102. The van der Waals surface area contributed by atoms with Gasteiger partial charge >= 0.3 is 0 Å². The van der Waals surface area contributed by atoms with Gasteiger partial charge in [0.25, 0.3) is 0 Å². The average molecular weight is 337 g/mol. The van der Waals surface area contributed by atoms with Crippen molar-refractivity contribution < 1.29 is 4.79 Å².